The lowest BCUT2D eigenvalue weighted by atomic mass is 9.97. The fourth-order valence-electron chi connectivity index (χ4n) is 4.71. The van der Waals surface area contributed by atoms with E-state index in [1.807, 2.05) is 26.0 Å². The summed E-state index contributed by atoms with van der Waals surface area (Å²) in [6, 6.07) is 7.57. The highest BCUT2D eigenvalue weighted by Gasteiger charge is 2.28. The van der Waals surface area contributed by atoms with Crippen molar-refractivity contribution < 1.29 is 9.59 Å². The molecule has 1 aromatic carbocycles. The molecule has 0 fully saturated rings. The number of benzene rings is 1. The van der Waals surface area contributed by atoms with Crippen molar-refractivity contribution in [3.05, 3.63) is 36.0 Å². The van der Waals surface area contributed by atoms with E-state index in [0.29, 0.717) is 19.4 Å². The van der Waals surface area contributed by atoms with Crippen molar-refractivity contribution in [2.45, 2.75) is 65.0 Å². The summed E-state index contributed by atoms with van der Waals surface area (Å²) in [7, 11) is -2.33. The van der Waals surface area contributed by atoms with Crippen molar-refractivity contribution in [3.8, 4) is 0 Å². The van der Waals surface area contributed by atoms with Crippen molar-refractivity contribution in [2.75, 3.05) is 18.6 Å². The van der Waals surface area contributed by atoms with Crippen LogP contribution in [0.4, 0.5) is 0 Å². The van der Waals surface area contributed by atoms with Gasteiger partial charge in [0.05, 0.1) is 0 Å². The quantitative estimate of drug-likeness (QED) is 0.501. The Balaban J connectivity index is 1.90. The van der Waals surface area contributed by atoms with E-state index in [-0.39, 0.29) is 23.5 Å². The van der Waals surface area contributed by atoms with Crippen LogP contribution in [0.5, 0.6) is 0 Å². The van der Waals surface area contributed by atoms with Gasteiger partial charge in [0.1, 0.15) is 6.04 Å². The van der Waals surface area contributed by atoms with Crippen LogP contribution in [0.2, 0.25) is 0 Å². The first-order chi connectivity index (χ1) is 15.6. The van der Waals surface area contributed by atoms with Gasteiger partial charge in [0.25, 0.3) is 0 Å². The summed E-state index contributed by atoms with van der Waals surface area (Å²) in [6.45, 7) is 5.65. The van der Waals surface area contributed by atoms with Gasteiger partial charge in [0, 0.05) is 54.5 Å². The zero-order valence-corrected chi connectivity index (χ0v) is 21.0. The summed E-state index contributed by atoms with van der Waals surface area (Å²) in [5, 5.41) is 7.16. The molecule has 1 aliphatic rings. The van der Waals surface area contributed by atoms with E-state index in [1.165, 1.54) is 0 Å². The number of aromatic nitrogens is 1. The highest BCUT2D eigenvalue weighted by Crippen LogP contribution is 2.24. The third-order valence-corrected chi connectivity index (χ3v) is 7.28. The molecule has 2 bridgehead atoms. The second-order valence-corrected chi connectivity index (χ2v) is 12.4. The maximum absolute atomic E-state index is 13.3. The Morgan fingerprint density at radius 1 is 1.21 bits per heavy atom. The van der Waals surface area contributed by atoms with Crippen LogP contribution in [-0.2, 0) is 32.2 Å². The smallest absolute Gasteiger partial charge is 0.242 e. The Kier molecular flexibility index (Phi) is 8.57. The molecule has 33 heavy (non-hydrogen) atoms. The molecule has 3 rings (SSSR count). The minimum Gasteiger partial charge on any atom is -0.354 e. The van der Waals surface area contributed by atoms with E-state index >= 15 is 0 Å². The minimum absolute atomic E-state index is 0.158. The van der Waals surface area contributed by atoms with Crippen molar-refractivity contribution >= 4 is 32.3 Å². The Morgan fingerprint density at radius 2 is 1.94 bits per heavy atom. The fraction of sp³-hybridized carbons (Fsp3) is 0.600. The van der Waals surface area contributed by atoms with Gasteiger partial charge >= 0.3 is 0 Å². The van der Waals surface area contributed by atoms with Crippen molar-refractivity contribution in [1.82, 2.24) is 15.2 Å². The predicted octanol–water partition coefficient (Wildman–Crippen LogP) is 4.33. The van der Waals surface area contributed by atoms with E-state index in [9.17, 15) is 9.59 Å². The van der Waals surface area contributed by atoms with Crippen LogP contribution in [0, 0.1) is 21.4 Å². The van der Waals surface area contributed by atoms with Gasteiger partial charge in [-0.3, -0.25) is 19.1 Å². The molecule has 4 N–H and O–H groups in total. The molecule has 182 valence electrons. The molecule has 2 amide bonds. The fourth-order valence-corrected chi connectivity index (χ4v) is 5.80. The van der Waals surface area contributed by atoms with Gasteiger partial charge in [-0.25, -0.2) is 0 Å². The Hall–Kier alpha value is -2.35. The number of carbonyl (C=O) groups is 2. The Bertz CT molecular complexity index is 1070. The normalized spacial score (nSPS) is 19.3. The van der Waals surface area contributed by atoms with Gasteiger partial charge in [-0.2, -0.15) is 0 Å². The number of aryl methyl sites for hydroxylation is 1. The van der Waals surface area contributed by atoms with Crippen LogP contribution in [0.15, 0.2) is 30.5 Å². The first kappa shape index (κ1) is 25.3. The van der Waals surface area contributed by atoms with E-state index in [2.05, 4.69) is 33.5 Å². The van der Waals surface area contributed by atoms with Gasteiger partial charge in [-0.15, -0.1) is 0 Å². The molecular formula is C25H39N5O2S. The van der Waals surface area contributed by atoms with Gasteiger partial charge in [-0.05, 0) is 36.8 Å². The van der Waals surface area contributed by atoms with E-state index in [4.69, 9.17) is 9.56 Å². The average molecular weight is 474 g/mol. The zero-order chi connectivity index (χ0) is 24.0. The molecule has 0 aliphatic carbocycles. The van der Waals surface area contributed by atoms with Gasteiger partial charge in [-0.1, -0.05) is 54.5 Å². The second kappa shape index (κ2) is 11.2. The van der Waals surface area contributed by atoms with Crippen LogP contribution in [-0.4, -0.2) is 41.0 Å². The number of fused-ring (bicyclic) bond motifs is 5. The van der Waals surface area contributed by atoms with Crippen LogP contribution >= 0.6 is 0 Å². The largest absolute Gasteiger partial charge is 0.354 e. The highest BCUT2D eigenvalue weighted by molar-refractivity contribution is 7.92. The summed E-state index contributed by atoms with van der Waals surface area (Å²) in [6.07, 6.45) is 8.97. The molecule has 2 heterocycles. The number of rotatable bonds is 6. The molecule has 0 spiro atoms. The highest BCUT2D eigenvalue weighted by atomic mass is 32.2. The number of nitrogens with zero attached hydrogens (tertiary/aromatic N) is 1. The minimum atomic E-state index is -2.33. The lowest BCUT2D eigenvalue weighted by Crippen LogP contribution is -2.50. The third-order valence-electron chi connectivity index (χ3n) is 6.21. The zero-order valence-electron chi connectivity index (χ0n) is 20.2. The summed E-state index contributed by atoms with van der Waals surface area (Å²) >= 11 is 0. The Morgan fingerprint density at radius 3 is 2.67 bits per heavy atom. The molecule has 2 aromatic rings. The summed E-state index contributed by atoms with van der Waals surface area (Å²) in [4.78, 5) is 26.4. The average Bonchev–Trinajstić information content (AvgIpc) is 3.08. The summed E-state index contributed by atoms with van der Waals surface area (Å²) < 4.78 is 18.4. The molecule has 2 atom stereocenters. The Labute approximate surface area is 198 Å². The number of carbonyl (C=O) groups excluding carboxylic acids is 2. The van der Waals surface area contributed by atoms with Gasteiger partial charge in [0.15, 0.2) is 0 Å². The van der Waals surface area contributed by atoms with E-state index in [1.54, 1.807) is 6.26 Å². The molecule has 0 saturated heterocycles. The number of amides is 2. The lowest BCUT2D eigenvalue weighted by Gasteiger charge is -2.24. The molecule has 0 saturated carbocycles. The van der Waals surface area contributed by atoms with Gasteiger partial charge in [0.2, 0.25) is 11.8 Å². The molecule has 1 aliphatic heterocycles. The topological polar surface area (TPSA) is 111 Å². The van der Waals surface area contributed by atoms with E-state index in [0.717, 1.165) is 48.7 Å². The number of nitrogens with one attached hydrogen (secondary N) is 4. The first-order valence-corrected chi connectivity index (χ1v) is 14.2. The molecule has 1 aromatic heterocycles. The maximum Gasteiger partial charge on any atom is 0.242 e. The monoisotopic (exact) mass is 473 g/mol. The molecule has 8 heteroatoms. The lowest BCUT2D eigenvalue weighted by molar-refractivity contribution is -0.131. The molecule has 0 radical (unpaired) electrons. The second-order valence-electron chi connectivity index (χ2n) is 9.92. The SMILES string of the molecule is CC(C)C[C@H](CS(C)(=N)=N)C(=O)N[C@H]1Cc2cn(c3ccccc23)CCCCCCNC1=O. The van der Waals surface area contributed by atoms with Crippen LogP contribution in [0.1, 0.15) is 51.5 Å². The van der Waals surface area contributed by atoms with Crippen LogP contribution < -0.4 is 10.6 Å². The summed E-state index contributed by atoms with van der Waals surface area (Å²) in [5.41, 5.74) is 2.22. The van der Waals surface area contributed by atoms with Crippen molar-refractivity contribution in [3.63, 3.8) is 0 Å². The third kappa shape index (κ3) is 7.32. The standard InChI is InChI=1S/C25H39N5O2S/c1-18(2)14-20(17-33(3,26)27)24(31)29-22-15-19-16-30(23-11-7-6-10-21(19)23)13-9-5-4-8-12-28-25(22)32/h6-7,10-11,16,18,20,22,26-27H,4-5,8-9,12-15,17H2,1-3H3,(H,28,32)(H,29,31)/t20-,22+/m1/s1. The van der Waals surface area contributed by atoms with E-state index < -0.39 is 21.6 Å². The number of hydrogen-bond acceptors (Lipinski definition) is 4. The first-order valence-electron chi connectivity index (χ1n) is 12.0. The van der Waals surface area contributed by atoms with Crippen LogP contribution in [0.25, 0.3) is 10.9 Å². The van der Waals surface area contributed by atoms with Crippen molar-refractivity contribution in [2.24, 2.45) is 11.8 Å². The molecule has 7 nitrogen and oxygen atoms in total. The summed E-state index contributed by atoms with van der Waals surface area (Å²) in [5.74, 6) is -0.303. The number of hydrogen-bond donors (Lipinski definition) is 4. The predicted molar refractivity (Wildman–Crippen MR) is 136 cm³/mol. The molecule has 0 unspecified atom stereocenters. The van der Waals surface area contributed by atoms with Crippen molar-refractivity contribution in [1.29, 1.82) is 9.56 Å². The molecular weight excluding hydrogens is 434 g/mol. The van der Waals surface area contributed by atoms with Gasteiger partial charge < -0.3 is 15.2 Å². The maximum atomic E-state index is 13.3. The number of para-hydroxylation sites is 1. The van der Waals surface area contributed by atoms with Crippen LogP contribution in [0.3, 0.4) is 0 Å².